The zero-order chi connectivity index (χ0) is 14.8. The second kappa shape index (κ2) is 9.41. The summed E-state index contributed by atoms with van der Waals surface area (Å²) in [4.78, 5) is 2.34. The van der Waals surface area contributed by atoms with E-state index in [1.54, 1.807) is 0 Å². The molecule has 3 nitrogen and oxygen atoms in total. The molecule has 0 unspecified atom stereocenters. The number of aliphatic hydroxyl groups is 1. The molecule has 3 heteroatoms. The van der Waals surface area contributed by atoms with Gasteiger partial charge in [0.2, 0.25) is 0 Å². The Morgan fingerprint density at radius 1 is 1.30 bits per heavy atom. The van der Waals surface area contributed by atoms with Gasteiger partial charge in [0.25, 0.3) is 0 Å². The van der Waals surface area contributed by atoms with Crippen LogP contribution < -0.4 is 4.74 Å². The average Bonchev–Trinajstić information content (AvgIpc) is 2.47. The first-order chi connectivity index (χ1) is 9.71. The molecule has 0 aliphatic rings. The summed E-state index contributed by atoms with van der Waals surface area (Å²) in [6.07, 6.45) is 2.33. The van der Waals surface area contributed by atoms with Crippen LogP contribution in [0.4, 0.5) is 0 Å². The van der Waals surface area contributed by atoms with Gasteiger partial charge in [-0.2, -0.15) is 0 Å². The molecular weight excluding hydrogens is 250 g/mol. The summed E-state index contributed by atoms with van der Waals surface area (Å²) in [5, 5.41) is 8.69. The molecule has 0 aromatic heterocycles. The third-order valence-electron chi connectivity index (χ3n) is 3.42. The maximum absolute atomic E-state index is 8.69. The number of ether oxygens (including phenoxy) is 1. The van der Waals surface area contributed by atoms with Gasteiger partial charge in [-0.05, 0) is 38.1 Å². The standard InChI is InChI=1S/C17H25NO2/c1-4-16(5-2)18(3)11-13-20-17-10-6-8-15(14-17)9-7-12-19/h6,8,10,14,16,19H,4-5,11-13H2,1-3H3. The Morgan fingerprint density at radius 2 is 2.05 bits per heavy atom. The fourth-order valence-electron chi connectivity index (χ4n) is 2.21. The van der Waals surface area contributed by atoms with Gasteiger partial charge in [-0.3, -0.25) is 0 Å². The summed E-state index contributed by atoms with van der Waals surface area (Å²) < 4.78 is 5.76. The van der Waals surface area contributed by atoms with Crippen molar-refractivity contribution in [2.24, 2.45) is 0 Å². The highest BCUT2D eigenvalue weighted by Crippen LogP contribution is 2.13. The molecule has 0 radical (unpaired) electrons. The monoisotopic (exact) mass is 275 g/mol. The van der Waals surface area contributed by atoms with Crippen LogP contribution in [-0.4, -0.2) is 42.9 Å². The predicted molar refractivity (Wildman–Crippen MR) is 82.9 cm³/mol. The van der Waals surface area contributed by atoms with Crippen molar-refractivity contribution in [2.45, 2.75) is 32.7 Å². The van der Waals surface area contributed by atoms with Crippen LogP contribution in [0.2, 0.25) is 0 Å². The number of nitrogens with zero attached hydrogens (tertiary/aromatic N) is 1. The molecule has 0 heterocycles. The SMILES string of the molecule is CCC(CC)N(C)CCOc1cccc(C#CCO)c1. The molecule has 20 heavy (non-hydrogen) atoms. The van der Waals surface area contributed by atoms with Gasteiger partial charge >= 0.3 is 0 Å². The minimum atomic E-state index is -0.120. The van der Waals surface area contributed by atoms with E-state index < -0.39 is 0 Å². The fourth-order valence-corrected chi connectivity index (χ4v) is 2.21. The third kappa shape index (κ3) is 5.64. The van der Waals surface area contributed by atoms with Crippen LogP contribution in [0.5, 0.6) is 5.75 Å². The topological polar surface area (TPSA) is 32.7 Å². The summed E-state index contributed by atoms with van der Waals surface area (Å²) in [6.45, 7) is 5.90. The zero-order valence-corrected chi connectivity index (χ0v) is 12.7. The Kier molecular flexibility index (Phi) is 7.79. The summed E-state index contributed by atoms with van der Waals surface area (Å²) >= 11 is 0. The van der Waals surface area contributed by atoms with E-state index >= 15 is 0 Å². The van der Waals surface area contributed by atoms with Crippen molar-refractivity contribution in [3.05, 3.63) is 29.8 Å². The minimum absolute atomic E-state index is 0.120. The van der Waals surface area contributed by atoms with Crippen LogP contribution in [0, 0.1) is 11.8 Å². The molecule has 0 bridgehead atoms. The summed E-state index contributed by atoms with van der Waals surface area (Å²) in [6, 6.07) is 8.29. The lowest BCUT2D eigenvalue weighted by Crippen LogP contribution is -2.33. The van der Waals surface area contributed by atoms with Gasteiger partial charge in [-0.25, -0.2) is 0 Å². The molecule has 0 aliphatic heterocycles. The van der Waals surface area contributed by atoms with Crippen LogP contribution in [-0.2, 0) is 0 Å². The number of hydrogen-bond acceptors (Lipinski definition) is 3. The van der Waals surface area contributed by atoms with E-state index in [1.807, 2.05) is 24.3 Å². The predicted octanol–water partition coefficient (Wildman–Crippen LogP) is 2.53. The second-order valence-electron chi connectivity index (χ2n) is 4.79. The van der Waals surface area contributed by atoms with Crippen molar-refractivity contribution < 1.29 is 9.84 Å². The van der Waals surface area contributed by atoms with Gasteiger partial charge in [0, 0.05) is 18.2 Å². The summed E-state index contributed by atoms with van der Waals surface area (Å²) in [5.41, 5.74) is 0.866. The van der Waals surface area contributed by atoms with E-state index in [1.165, 1.54) is 12.8 Å². The van der Waals surface area contributed by atoms with Crippen molar-refractivity contribution >= 4 is 0 Å². The summed E-state index contributed by atoms with van der Waals surface area (Å²) in [7, 11) is 2.14. The number of rotatable bonds is 7. The van der Waals surface area contributed by atoms with Gasteiger partial charge in [-0.1, -0.05) is 31.8 Å². The maximum Gasteiger partial charge on any atom is 0.120 e. The van der Waals surface area contributed by atoms with Gasteiger partial charge in [-0.15, -0.1) is 0 Å². The van der Waals surface area contributed by atoms with Crippen molar-refractivity contribution in [1.82, 2.24) is 4.90 Å². The highest BCUT2D eigenvalue weighted by Gasteiger charge is 2.09. The first-order valence-corrected chi connectivity index (χ1v) is 7.24. The normalized spacial score (nSPS) is 10.5. The summed E-state index contributed by atoms with van der Waals surface area (Å²) in [5.74, 6) is 6.34. The van der Waals surface area contributed by atoms with Crippen LogP contribution >= 0.6 is 0 Å². The first-order valence-electron chi connectivity index (χ1n) is 7.24. The molecule has 0 aliphatic carbocycles. The molecule has 1 N–H and O–H groups in total. The molecule has 0 saturated carbocycles. The smallest absolute Gasteiger partial charge is 0.120 e. The van der Waals surface area contributed by atoms with E-state index in [0.717, 1.165) is 17.9 Å². The lowest BCUT2D eigenvalue weighted by Gasteiger charge is -2.25. The maximum atomic E-state index is 8.69. The van der Waals surface area contributed by atoms with Gasteiger partial charge in [0.1, 0.15) is 19.0 Å². The van der Waals surface area contributed by atoms with Crippen molar-refractivity contribution in [2.75, 3.05) is 26.8 Å². The van der Waals surface area contributed by atoms with Gasteiger partial charge < -0.3 is 14.7 Å². The average molecular weight is 275 g/mol. The van der Waals surface area contributed by atoms with Crippen molar-refractivity contribution in [3.63, 3.8) is 0 Å². The highest BCUT2D eigenvalue weighted by atomic mass is 16.5. The lowest BCUT2D eigenvalue weighted by atomic mass is 10.1. The third-order valence-corrected chi connectivity index (χ3v) is 3.42. The second-order valence-corrected chi connectivity index (χ2v) is 4.79. The molecule has 1 aromatic rings. The van der Waals surface area contributed by atoms with Crippen molar-refractivity contribution in [1.29, 1.82) is 0 Å². The Morgan fingerprint density at radius 3 is 2.70 bits per heavy atom. The molecule has 1 rings (SSSR count). The number of benzene rings is 1. The van der Waals surface area contributed by atoms with Crippen LogP contribution in [0.25, 0.3) is 0 Å². The van der Waals surface area contributed by atoms with E-state index in [0.29, 0.717) is 12.6 Å². The molecular formula is C17H25NO2. The van der Waals surface area contributed by atoms with E-state index in [4.69, 9.17) is 9.84 Å². The first kappa shape index (κ1) is 16.6. The molecule has 0 spiro atoms. The van der Waals surface area contributed by atoms with Crippen LogP contribution in [0.1, 0.15) is 32.3 Å². The van der Waals surface area contributed by atoms with E-state index in [-0.39, 0.29) is 6.61 Å². The van der Waals surface area contributed by atoms with Crippen LogP contribution in [0.15, 0.2) is 24.3 Å². The molecule has 0 fully saturated rings. The molecule has 0 atom stereocenters. The van der Waals surface area contributed by atoms with E-state index in [9.17, 15) is 0 Å². The Labute approximate surface area is 122 Å². The molecule has 0 saturated heterocycles. The van der Waals surface area contributed by atoms with Crippen LogP contribution in [0.3, 0.4) is 0 Å². The fraction of sp³-hybridized carbons (Fsp3) is 0.529. The van der Waals surface area contributed by atoms with Crippen molar-refractivity contribution in [3.8, 4) is 17.6 Å². The Balaban J connectivity index is 2.46. The largest absolute Gasteiger partial charge is 0.492 e. The molecule has 0 amide bonds. The Hall–Kier alpha value is -1.50. The molecule has 110 valence electrons. The Bertz CT molecular complexity index is 444. The quantitative estimate of drug-likeness (QED) is 0.776. The lowest BCUT2D eigenvalue weighted by molar-refractivity contribution is 0.183. The van der Waals surface area contributed by atoms with Gasteiger partial charge in [0.05, 0.1) is 0 Å². The number of likely N-dealkylation sites (N-methyl/N-ethyl adjacent to an activating group) is 1. The molecule has 1 aromatic carbocycles. The number of hydrogen-bond donors (Lipinski definition) is 1. The minimum Gasteiger partial charge on any atom is -0.492 e. The zero-order valence-electron chi connectivity index (χ0n) is 12.7. The van der Waals surface area contributed by atoms with Gasteiger partial charge in [0.15, 0.2) is 0 Å². The van der Waals surface area contributed by atoms with E-state index in [2.05, 4.69) is 37.6 Å². The highest BCUT2D eigenvalue weighted by molar-refractivity contribution is 5.39. The number of aliphatic hydroxyl groups excluding tert-OH is 1.